The van der Waals surface area contributed by atoms with Crippen LogP contribution in [0.15, 0.2) is 28.0 Å². The molecule has 100 valence electrons. The Labute approximate surface area is 105 Å². The summed E-state index contributed by atoms with van der Waals surface area (Å²) < 4.78 is 31.9. The number of rotatable bonds is 4. The van der Waals surface area contributed by atoms with Gasteiger partial charge >= 0.3 is 0 Å². The van der Waals surface area contributed by atoms with Crippen molar-refractivity contribution in [3.05, 3.63) is 28.7 Å². The molecule has 0 spiro atoms. The lowest BCUT2D eigenvalue weighted by atomic mass is 10.0. The molecule has 1 fully saturated rings. The van der Waals surface area contributed by atoms with Crippen molar-refractivity contribution in [3.63, 3.8) is 0 Å². The number of ether oxygens (including phenoxy) is 1. The Morgan fingerprint density at radius 3 is 2.83 bits per heavy atom. The Morgan fingerprint density at radius 1 is 1.50 bits per heavy atom. The summed E-state index contributed by atoms with van der Waals surface area (Å²) >= 11 is 0. The van der Waals surface area contributed by atoms with Crippen LogP contribution in [0.4, 0.5) is 0 Å². The molecule has 1 aromatic rings. The lowest BCUT2D eigenvalue weighted by molar-refractivity contribution is 0.0250. The molecule has 1 atom stereocenters. The van der Waals surface area contributed by atoms with Crippen molar-refractivity contribution in [2.45, 2.75) is 30.3 Å². The largest absolute Gasteiger partial charge is 0.374 e. The van der Waals surface area contributed by atoms with Crippen molar-refractivity contribution in [3.8, 4) is 0 Å². The van der Waals surface area contributed by atoms with E-state index in [2.05, 4.69) is 9.71 Å². The second kappa shape index (κ2) is 4.83. The van der Waals surface area contributed by atoms with Gasteiger partial charge in [-0.25, -0.2) is 13.1 Å². The standard InChI is InChI=1S/C11H16N2O4S/c1-11(5-2-6-17-11)8-13-18(15,16)9-3-4-10(14)12-7-9/h3-4,7,13H,2,5-6,8H2,1H3,(H,12,14). The van der Waals surface area contributed by atoms with Crippen molar-refractivity contribution in [1.82, 2.24) is 9.71 Å². The second-order valence-electron chi connectivity index (χ2n) is 4.62. The quantitative estimate of drug-likeness (QED) is 0.821. The maximum absolute atomic E-state index is 12.0. The third-order valence-corrected chi connectivity index (χ3v) is 4.40. The number of sulfonamides is 1. The molecule has 1 unspecified atom stereocenters. The van der Waals surface area contributed by atoms with E-state index in [-0.39, 0.29) is 17.0 Å². The fraction of sp³-hybridized carbons (Fsp3) is 0.545. The molecule has 2 rings (SSSR count). The maximum atomic E-state index is 12.0. The van der Waals surface area contributed by atoms with Crippen molar-refractivity contribution >= 4 is 10.0 Å². The zero-order valence-corrected chi connectivity index (χ0v) is 10.9. The maximum Gasteiger partial charge on any atom is 0.247 e. The van der Waals surface area contributed by atoms with Gasteiger partial charge in [-0.3, -0.25) is 4.79 Å². The van der Waals surface area contributed by atoms with E-state index in [9.17, 15) is 13.2 Å². The number of hydrogen-bond donors (Lipinski definition) is 2. The summed E-state index contributed by atoms with van der Waals surface area (Å²) in [5, 5.41) is 0. The van der Waals surface area contributed by atoms with Crippen LogP contribution in [0.25, 0.3) is 0 Å². The topological polar surface area (TPSA) is 88.3 Å². The smallest absolute Gasteiger partial charge is 0.247 e. The second-order valence-corrected chi connectivity index (χ2v) is 6.38. The molecule has 0 bridgehead atoms. The van der Waals surface area contributed by atoms with Crippen LogP contribution in [0, 0.1) is 0 Å². The first-order valence-corrected chi connectivity index (χ1v) is 7.22. The minimum Gasteiger partial charge on any atom is -0.374 e. The van der Waals surface area contributed by atoms with Crippen molar-refractivity contribution < 1.29 is 13.2 Å². The third kappa shape index (κ3) is 2.98. The van der Waals surface area contributed by atoms with E-state index in [1.54, 1.807) is 0 Å². The highest BCUT2D eigenvalue weighted by molar-refractivity contribution is 7.89. The molecule has 1 saturated heterocycles. The molecular weight excluding hydrogens is 256 g/mol. The van der Waals surface area contributed by atoms with Crippen LogP contribution in [-0.4, -0.2) is 32.2 Å². The molecule has 1 aliphatic rings. The summed E-state index contributed by atoms with van der Waals surface area (Å²) in [5.41, 5.74) is -0.769. The Morgan fingerprint density at radius 2 is 2.28 bits per heavy atom. The van der Waals surface area contributed by atoms with E-state index < -0.39 is 15.6 Å². The molecule has 0 saturated carbocycles. The van der Waals surface area contributed by atoms with Gasteiger partial charge < -0.3 is 9.72 Å². The van der Waals surface area contributed by atoms with Gasteiger partial charge in [0.1, 0.15) is 0 Å². The first kappa shape index (κ1) is 13.3. The molecule has 1 aliphatic heterocycles. The van der Waals surface area contributed by atoms with Crippen molar-refractivity contribution in [2.75, 3.05) is 13.2 Å². The van der Waals surface area contributed by atoms with Crippen molar-refractivity contribution in [2.24, 2.45) is 0 Å². The lowest BCUT2D eigenvalue weighted by Crippen LogP contribution is -2.40. The molecule has 7 heteroatoms. The van der Waals surface area contributed by atoms with Crippen LogP contribution in [0.1, 0.15) is 19.8 Å². The predicted octanol–water partition coefficient (Wildman–Crippen LogP) is 0.222. The van der Waals surface area contributed by atoms with Gasteiger partial charge in [0.05, 0.1) is 10.5 Å². The van der Waals surface area contributed by atoms with Gasteiger partial charge in [0, 0.05) is 25.4 Å². The fourth-order valence-electron chi connectivity index (χ4n) is 1.87. The average Bonchev–Trinajstić information content (AvgIpc) is 2.75. The van der Waals surface area contributed by atoms with E-state index in [4.69, 9.17) is 4.74 Å². The van der Waals surface area contributed by atoms with E-state index in [1.807, 2.05) is 6.92 Å². The summed E-state index contributed by atoms with van der Waals surface area (Å²) in [6, 6.07) is 2.46. The monoisotopic (exact) mass is 272 g/mol. The lowest BCUT2D eigenvalue weighted by Gasteiger charge is -2.23. The molecule has 2 heterocycles. The highest BCUT2D eigenvalue weighted by Crippen LogP contribution is 2.24. The first-order valence-electron chi connectivity index (χ1n) is 5.74. The molecule has 0 aromatic carbocycles. The molecule has 1 aromatic heterocycles. The molecule has 6 nitrogen and oxygen atoms in total. The van der Waals surface area contributed by atoms with E-state index in [1.165, 1.54) is 18.3 Å². The van der Waals surface area contributed by atoms with Crippen LogP contribution in [0.5, 0.6) is 0 Å². The first-order chi connectivity index (χ1) is 8.41. The van der Waals surface area contributed by atoms with Gasteiger partial charge in [-0.15, -0.1) is 0 Å². The Hall–Kier alpha value is -1.18. The number of nitrogens with one attached hydrogen (secondary N) is 2. The van der Waals surface area contributed by atoms with Crippen LogP contribution in [0.3, 0.4) is 0 Å². The highest BCUT2D eigenvalue weighted by atomic mass is 32.2. The van der Waals surface area contributed by atoms with Gasteiger partial charge in [-0.1, -0.05) is 0 Å². The summed E-state index contributed by atoms with van der Waals surface area (Å²) in [5.74, 6) is 0. The van der Waals surface area contributed by atoms with Gasteiger partial charge in [-0.2, -0.15) is 0 Å². The molecule has 0 amide bonds. The number of aromatic nitrogens is 1. The van der Waals surface area contributed by atoms with E-state index in [0.717, 1.165) is 12.8 Å². The normalized spacial score (nSPS) is 24.3. The van der Waals surface area contributed by atoms with Crippen LogP contribution < -0.4 is 10.3 Å². The van der Waals surface area contributed by atoms with E-state index >= 15 is 0 Å². The van der Waals surface area contributed by atoms with Gasteiger partial charge in [0.25, 0.3) is 0 Å². The molecule has 0 aliphatic carbocycles. The number of hydrogen-bond acceptors (Lipinski definition) is 4. The predicted molar refractivity (Wildman–Crippen MR) is 65.8 cm³/mol. The Balaban J connectivity index is 2.08. The zero-order chi connectivity index (χ0) is 13.2. The molecule has 2 N–H and O–H groups in total. The summed E-state index contributed by atoms with van der Waals surface area (Å²) in [6.45, 7) is 2.78. The Bertz CT molecular complexity index is 552. The number of H-pyrrole nitrogens is 1. The van der Waals surface area contributed by atoms with Gasteiger partial charge in [0.15, 0.2) is 0 Å². The highest BCUT2D eigenvalue weighted by Gasteiger charge is 2.31. The summed E-state index contributed by atoms with van der Waals surface area (Å²) in [7, 11) is -3.60. The summed E-state index contributed by atoms with van der Waals surface area (Å²) in [4.78, 5) is 13.3. The molecule has 0 radical (unpaired) electrons. The zero-order valence-electron chi connectivity index (χ0n) is 10.1. The number of aromatic amines is 1. The van der Waals surface area contributed by atoms with E-state index in [0.29, 0.717) is 6.61 Å². The van der Waals surface area contributed by atoms with Crippen molar-refractivity contribution in [1.29, 1.82) is 0 Å². The Kier molecular flexibility index (Phi) is 3.56. The van der Waals surface area contributed by atoms with Crippen LogP contribution in [0.2, 0.25) is 0 Å². The number of pyridine rings is 1. The fourth-order valence-corrected chi connectivity index (χ4v) is 2.99. The average molecular weight is 272 g/mol. The van der Waals surface area contributed by atoms with Gasteiger partial charge in [-0.05, 0) is 25.8 Å². The molecule has 18 heavy (non-hydrogen) atoms. The molecular formula is C11H16N2O4S. The SMILES string of the molecule is CC1(CNS(=O)(=O)c2ccc(=O)[nH]c2)CCCO1. The van der Waals surface area contributed by atoms with Crippen LogP contribution >= 0.6 is 0 Å². The minimum absolute atomic E-state index is 0.0451. The third-order valence-electron chi connectivity index (χ3n) is 3.00. The summed E-state index contributed by atoms with van der Waals surface area (Å²) in [6.07, 6.45) is 2.96. The minimum atomic E-state index is -3.60. The van der Waals surface area contributed by atoms with Crippen LogP contribution in [-0.2, 0) is 14.8 Å². The van der Waals surface area contributed by atoms with Gasteiger partial charge in [0.2, 0.25) is 15.6 Å².